The predicted molar refractivity (Wildman–Crippen MR) is 59.5 cm³/mol. The van der Waals surface area contributed by atoms with Gasteiger partial charge in [-0.15, -0.1) is 0 Å². The molecule has 74 valence electrons. The summed E-state index contributed by atoms with van der Waals surface area (Å²) in [6.07, 6.45) is 0.940. The minimum absolute atomic E-state index is 0.463. The van der Waals surface area contributed by atoms with Crippen LogP contribution in [0, 0.1) is 11.3 Å². The van der Waals surface area contributed by atoms with Crippen LogP contribution in [0.15, 0.2) is 18.2 Å². The van der Waals surface area contributed by atoms with Gasteiger partial charge in [-0.05, 0) is 43.5 Å². The third kappa shape index (κ3) is 2.27. The van der Waals surface area contributed by atoms with Crippen LogP contribution in [-0.4, -0.2) is 0 Å². The number of hydrogen-bond acceptors (Lipinski definition) is 1. The first kappa shape index (κ1) is 11.1. The van der Waals surface area contributed by atoms with Gasteiger partial charge in [0, 0.05) is 5.02 Å². The van der Waals surface area contributed by atoms with Crippen molar-refractivity contribution in [2.45, 2.75) is 32.6 Å². The number of rotatable bonds is 2. The van der Waals surface area contributed by atoms with Crippen molar-refractivity contribution in [2.24, 2.45) is 0 Å². The molecule has 0 aromatic heterocycles. The lowest BCUT2D eigenvalue weighted by Crippen LogP contribution is -2.14. The molecule has 0 bridgehead atoms. The maximum Gasteiger partial charge on any atom is 0.0766 e. The molecule has 0 atom stereocenters. The van der Waals surface area contributed by atoms with E-state index in [9.17, 15) is 0 Å². The van der Waals surface area contributed by atoms with E-state index in [1.807, 2.05) is 26.0 Å². The molecule has 0 aliphatic carbocycles. The van der Waals surface area contributed by atoms with Crippen molar-refractivity contribution in [1.29, 1.82) is 5.26 Å². The molecule has 0 aliphatic heterocycles. The van der Waals surface area contributed by atoms with E-state index in [2.05, 4.69) is 19.1 Å². The van der Waals surface area contributed by atoms with Crippen LogP contribution in [0.3, 0.4) is 0 Å². The lowest BCUT2D eigenvalue weighted by molar-refractivity contribution is 0.685. The first-order valence-electron chi connectivity index (χ1n) is 4.71. The summed E-state index contributed by atoms with van der Waals surface area (Å²) in [5.41, 5.74) is 1.70. The molecule has 1 aromatic rings. The molecule has 0 heterocycles. The Morgan fingerprint density at radius 1 is 1.36 bits per heavy atom. The standard InChI is InChI=1S/C12H14ClN/c1-4-9-5-10(7-11(13)6-9)12(2,3)8-14/h5-7H,4H2,1-3H3. The molecule has 1 nitrogen and oxygen atoms in total. The first-order valence-corrected chi connectivity index (χ1v) is 5.08. The Bertz CT molecular complexity index is 374. The Kier molecular flexibility index (Phi) is 3.18. The summed E-state index contributed by atoms with van der Waals surface area (Å²) in [5.74, 6) is 0. The Balaban J connectivity index is 3.24. The monoisotopic (exact) mass is 207 g/mol. The van der Waals surface area contributed by atoms with E-state index in [1.165, 1.54) is 5.56 Å². The van der Waals surface area contributed by atoms with E-state index in [4.69, 9.17) is 16.9 Å². The van der Waals surface area contributed by atoms with Crippen LogP contribution in [0.1, 0.15) is 31.9 Å². The molecule has 0 amide bonds. The summed E-state index contributed by atoms with van der Waals surface area (Å²) in [5, 5.41) is 9.72. The van der Waals surface area contributed by atoms with Gasteiger partial charge in [0.1, 0.15) is 0 Å². The number of nitriles is 1. The number of nitrogens with zero attached hydrogens (tertiary/aromatic N) is 1. The number of halogens is 1. The van der Waals surface area contributed by atoms with Crippen molar-refractivity contribution < 1.29 is 0 Å². The highest BCUT2D eigenvalue weighted by atomic mass is 35.5. The molecule has 0 fully saturated rings. The molecule has 0 radical (unpaired) electrons. The Morgan fingerprint density at radius 3 is 2.50 bits per heavy atom. The molecule has 2 heteroatoms. The predicted octanol–water partition coefficient (Wildman–Crippen LogP) is 3.70. The number of aryl methyl sites for hydroxylation is 1. The van der Waals surface area contributed by atoms with Crippen molar-refractivity contribution in [3.63, 3.8) is 0 Å². The summed E-state index contributed by atoms with van der Waals surface area (Å²) in [6, 6.07) is 8.14. The second-order valence-electron chi connectivity index (χ2n) is 3.94. The molecule has 0 unspecified atom stereocenters. The number of benzene rings is 1. The Morgan fingerprint density at radius 2 is 2.00 bits per heavy atom. The summed E-state index contributed by atoms with van der Waals surface area (Å²) >= 11 is 5.98. The Hall–Kier alpha value is -1.00. The van der Waals surface area contributed by atoms with Gasteiger partial charge in [0.2, 0.25) is 0 Å². The maximum absolute atomic E-state index is 9.01. The quantitative estimate of drug-likeness (QED) is 0.726. The average molecular weight is 208 g/mol. The van der Waals surface area contributed by atoms with Gasteiger partial charge in [-0.1, -0.05) is 24.6 Å². The van der Waals surface area contributed by atoms with Crippen molar-refractivity contribution in [3.8, 4) is 6.07 Å². The summed E-state index contributed by atoms with van der Waals surface area (Å²) in [6.45, 7) is 5.88. The van der Waals surface area contributed by atoms with Gasteiger partial charge in [-0.2, -0.15) is 5.26 Å². The van der Waals surface area contributed by atoms with Gasteiger partial charge in [0.25, 0.3) is 0 Å². The van der Waals surface area contributed by atoms with E-state index < -0.39 is 5.41 Å². The van der Waals surface area contributed by atoms with E-state index in [1.54, 1.807) is 0 Å². The van der Waals surface area contributed by atoms with Crippen LogP contribution in [-0.2, 0) is 11.8 Å². The first-order chi connectivity index (χ1) is 6.49. The summed E-state index contributed by atoms with van der Waals surface area (Å²) in [7, 11) is 0. The molecular formula is C12H14ClN. The van der Waals surface area contributed by atoms with Crippen LogP contribution in [0.25, 0.3) is 0 Å². The van der Waals surface area contributed by atoms with Gasteiger partial charge < -0.3 is 0 Å². The molecule has 0 spiro atoms. The van der Waals surface area contributed by atoms with Gasteiger partial charge >= 0.3 is 0 Å². The largest absolute Gasteiger partial charge is 0.197 e. The molecule has 0 saturated heterocycles. The van der Waals surface area contributed by atoms with Crippen molar-refractivity contribution in [3.05, 3.63) is 34.3 Å². The van der Waals surface area contributed by atoms with Gasteiger partial charge in [0.05, 0.1) is 11.5 Å². The fraction of sp³-hybridized carbons (Fsp3) is 0.417. The minimum atomic E-state index is -0.463. The lowest BCUT2D eigenvalue weighted by atomic mass is 9.85. The van der Waals surface area contributed by atoms with Crippen LogP contribution >= 0.6 is 11.6 Å². The fourth-order valence-corrected chi connectivity index (χ4v) is 1.54. The SMILES string of the molecule is CCc1cc(Cl)cc(C(C)(C)C#N)c1. The highest BCUT2D eigenvalue weighted by Gasteiger charge is 2.20. The highest BCUT2D eigenvalue weighted by molar-refractivity contribution is 6.30. The summed E-state index contributed by atoms with van der Waals surface area (Å²) in [4.78, 5) is 0. The van der Waals surface area contributed by atoms with Crippen LogP contribution < -0.4 is 0 Å². The maximum atomic E-state index is 9.01. The molecular weight excluding hydrogens is 194 g/mol. The van der Waals surface area contributed by atoms with Gasteiger partial charge in [-0.25, -0.2) is 0 Å². The van der Waals surface area contributed by atoms with E-state index in [-0.39, 0.29) is 0 Å². The third-order valence-electron chi connectivity index (χ3n) is 2.37. The van der Waals surface area contributed by atoms with Crippen LogP contribution in [0.2, 0.25) is 5.02 Å². The molecule has 14 heavy (non-hydrogen) atoms. The van der Waals surface area contributed by atoms with E-state index >= 15 is 0 Å². The second kappa shape index (κ2) is 4.02. The van der Waals surface area contributed by atoms with Crippen molar-refractivity contribution in [2.75, 3.05) is 0 Å². The number of hydrogen-bond donors (Lipinski definition) is 0. The smallest absolute Gasteiger partial charge is 0.0766 e. The van der Waals surface area contributed by atoms with Crippen LogP contribution in [0.4, 0.5) is 0 Å². The zero-order valence-corrected chi connectivity index (χ0v) is 9.52. The third-order valence-corrected chi connectivity index (χ3v) is 2.59. The van der Waals surface area contributed by atoms with E-state index in [0.29, 0.717) is 5.02 Å². The lowest BCUT2D eigenvalue weighted by Gasteiger charge is -2.17. The summed E-state index contributed by atoms with van der Waals surface area (Å²) < 4.78 is 0. The second-order valence-corrected chi connectivity index (χ2v) is 4.37. The molecule has 1 rings (SSSR count). The minimum Gasteiger partial charge on any atom is -0.197 e. The van der Waals surface area contributed by atoms with E-state index in [0.717, 1.165) is 12.0 Å². The van der Waals surface area contributed by atoms with Crippen LogP contribution in [0.5, 0.6) is 0 Å². The van der Waals surface area contributed by atoms with Gasteiger partial charge in [-0.3, -0.25) is 0 Å². The molecule has 0 aliphatic rings. The van der Waals surface area contributed by atoms with Crippen molar-refractivity contribution in [1.82, 2.24) is 0 Å². The zero-order chi connectivity index (χ0) is 10.8. The fourth-order valence-electron chi connectivity index (χ4n) is 1.28. The van der Waals surface area contributed by atoms with Crippen molar-refractivity contribution >= 4 is 11.6 Å². The average Bonchev–Trinajstić information content (AvgIpc) is 2.16. The molecule has 0 saturated carbocycles. The molecule has 1 aromatic carbocycles. The normalized spacial score (nSPS) is 11.1. The Labute approximate surface area is 90.3 Å². The highest BCUT2D eigenvalue weighted by Crippen LogP contribution is 2.26. The molecule has 0 N–H and O–H groups in total. The van der Waals surface area contributed by atoms with Gasteiger partial charge in [0.15, 0.2) is 0 Å². The zero-order valence-electron chi connectivity index (χ0n) is 8.76. The topological polar surface area (TPSA) is 23.8 Å².